The van der Waals surface area contributed by atoms with Gasteiger partial charge in [0, 0.05) is 25.5 Å². The van der Waals surface area contributed by atoms with Gasteiger partial charge in [0.15, 0.2) is 0 Å². The molecule has 0 saturated carbocycles. The molecule has 0 fully saturated rings. The predicted molar refractivity (Wildman–Crippen MR) is 251 cm³/mol. The first kappa shape index (κ1) is 55.2. The van der Waals surface area contributed by atoms with Gasteiger partial charge in [-0.15, -0.1) is 0 Å². The van der Waals surface area contributed by atoms with E-state index in [1.165, 1.54) is 77.0 Å². The van der Waals surface area contributed by atoms with Gasteiger partial charge in [-0.25, -0.2) is 0 Å². The van der Waals surface area contributed by atoms with E-state index in [1.54, 1.807) is 18.2 Å². The van der Waals surface area contributed by atoms with Crippen molar-refractivity contribution in [1.82, 2.24) is 4.90 Å². The van der Waals surface area contributed by atoms with Gasteiger partial charge < -0.3 is 28.6 Å². The Labute approximate surface area is 371 Å². The first-order valence-electron chi connectivity index (χ1n) is 23.9. The Bertz CT molecular complexity index is 1270. The Hall–Kier alpha value is -3.85. The number of esters is 3. The zero-order valence-corrected chi connectivity index (χ0v) is 39.0. The van der Waals surface area contributed by atoms with Gasteiger partial charge in [0.2, 0.25) is 0 Å². The zero-order valence-electron chi connectivity index (χ0n) is 39.0. The molecule has 0 radical (unpaired) electrons. The van der Waals surface area contributed by atoms with Crippen molar-refractivity contribution in [2.45, 2.75) is 181 Å². The number of carbonyl (C=O) groups excluding carboxylic acids is 3. The van der Waals surface area contributed by atoms with Crippen LogP contribution in [0.3, 0.4) is 0 Å². The highest BCUT2D eigenvalue weighted by Crippen LogP contribution is 2.24. The van der Waals surface area contributed by atoms with Gasteiger partial charge >= 0.3 is 17.9 Å². The first-order valence-corrected chi connectivity index (χ1v) is 23.9. The SMILES string of the molecule is CCCCCC=CCC=CCCCCCCCC(=O)OCCOc1cc(COC(=O)CCN(C)C)cc(OCCOC(=O)CCCCCCCC=CCC=CCCCCC)c1. The van der Waals surface area contributed by atoms with Crippen LogP contribution in [0.1, 0.15) is 180 Å². The number of hydrogen-bond acceptors (Lipinski definition) is 9. The number of carbonyl (C=O) groups is 3. The van der Waals surface area contributed by atoms with E-state index in [0.717, 1.165) is 64.2 Å². The van der Waals surface area contributed by atoms with Gasteiger partial charge in [-0.2, -0.15) is 0 Å². The summed E-state index contributed by atoms with van der Waals surface area (Å²) in [7, 11) is 3.81. The molecule has 0 aliphatic rings. The quantitative estimate of drug-likeness (QED) is 0.0276. The second kappa shape index (κ2) is 41.5. The monoisotopic (exact) mass is 852 g/mol. The molecule has 0 saturated heterocycles. The minimum absolute atomic E-state index is 0.0604. The van der Waals surface area contributed by atoms with Gasteiger partial charge in [-0.3, -0.25) is 14.4 Å². The summed E-state index contributed by atoms with van der Waals surface area (Å²) in [6, 6.07) is 5.29. The Kier molecular flexibility index (Phi) is 37.5. The smallest absolute Gasteiger partial charge is 0.307 e. The lowest BCUT2D eigenvalue weighted by Crippen LogP contribution is -2.18. The number of ether oxygens (including phenoxy) is 5. The minimum atomic E-state index is -0.297. The molecule has 9 heteroatoms. The molecule has 61 heavy (non-hydrogen) atoms. The Morgan fingerprint density at radius 3 is 1.28 bits per heavy atom. The van der Waals surface area contributed by atoms with E-state index in [4.69, 9.17) is 23.7 Å². The average Bonchev–Trinajstić information content (AvgIpc) is 3.25. The molecule has 9 nitrogen and oxygen atoms in total. The van der Waals surface area contributed by atoms with Gasteiger partial charge in [-0.05, 0) is 109 Å². The van der Waals surface area contributed by atoms with E-state index in [0.29, 0.717) is 36.4 Å². The lowest BCUT2D eigenvalue weighted by molar-refractivity contribution is -0.145. The Balaban J connectivity index is 2.33. The molecule has 0 atom stereocenters. The summed E-state index contributed by atoms with van der Waals surface area (Å²) >= 11 is 0. The van der Waals surface area contributed by atoms with Crippen LogP contribution in [0.15, 0.2) is 66.8 Å². The molecule has 0 unspecified atom stereocenters. The Morgan fingerprint density at radius 1 is 0.459 bits per heavy atom. The molecule has 1 aromatic carbocycles. The van der Waals surface area contributed by atoms with Crippen LogP contribution in [0.2, 0.25) is 0 Å². The number of unbranched alkanes of at least 4 members (excludes halogenated alkanes) is 16. The molecular weight excluding hydrogens is 767 g/mol. The lowest BCUT2D eigenvalue weighted by Gasteiger charge is -2.14. The summed E-state index contributed by atoms with van der Waals surface area (Å²) in [5.74, 6) is 0.262. The number of rotatable bonds is 41. The van der Waals surface area contributed by atoms with Crippen molar-refractivity contribution in [3.63, 3.8) is 0 Å². The molecular formula is C52H85NO8. The third-order valence-corrected chi connectivity index (χ3v) is 10.00. The summed E-state index contributed by atoms with van der Waals surface area (Å²) in [5.41, 5.74) is 0.697. The summed E-state index contributed by atoms with van der Waals surface area (Å²) in [6.45, 7) is 5.73. The van der Waals surface area contributed by atoms with Crippen molar-refractivity contribution in [1.29, 1.82) is 0 Å². The highest BCUT2D eigenvalue weighted by Gasteiger charge is 2.10. The fourth-order valence-corrected chi connectivity index (χ4v) is 6.37. The summed E-state index contributed by atoms with van der Waals surface area (Å²) < 4.78 is 28.1. The van der Waals surface area contributed by atoms with Crippen molar-refractivity contribution in [2.24, 2.45) is 0 Å². The zero-order chi connectivity index (χ0) is 44.3. The predicted octanol–water partition coefficient (Wildman–Crippen LogP) is 13.2. The highest BCUT2D eigenvalue weighted by molar-refractivity contribution is 5.70. The van der Waals surface area contributed by atoms with Gasteiger partial charge in [-0.1, -0.05) is 127 Å². The summed E-state index contributed by atoms with van der Waals surface area (Å²) in [4.78, 5) is 38.8. The summed E-state index contributed by atoms with van der Waals surface area (Å²) in [5, 5.41) is 0. The van der Waals surface area contributed by atoms with Crippen molar-refractivity contribution >= 4 is 17.9 Å². The van der Waals surface area contributed by atoms with Crippen molar-refractivity contribution in [2.75, 3.05) is 47.1 Å². The second-order valence-corrected chi connectivity index (χ2v) is 16.1. The molecule has 0 amide bonds. The van der Waals surface area contributed by atoms with E-state index in [9.17, 15) is 14.4 Å². The number of hydrogen-bond donors (Lipinski definition) is 0. The topological polar surface area (TPSA) is 101 Å². The van der Waals surface area contributed by atoms with Crippen LogP contribution < -0.4 is 9.47 Å². The van der Waals surface area contributed by atoms with Crippen LogP contribution in [-0.4, -0.2) is 69.9 Å². The van der Waals surface area contributed by atoms with E-state index in [-0.39, 0.29) is 57.4 Å². The normalized spacial score (nSPS) is 11.8. The second-order valence-electron chi connectivity index (χ2n) is 16.1. The standard InChI is InChI=1S/C52H85NO8/c1-5-7-9-11-13-15-17-19-21-23-25-27-29-31-33-35-50(54)59-41-39-57-48-43-47(46-61-52(56)37-38-53(3)4)44-49(45-48)58-40-42-60-51(55)36-34-32-30-28-26-24-22-20-18-16-14-12-10-8-6-2/h13-16,19-22,43-45H,5-12,17-18,23-42,46H2,1-4H3. The first-order chi connectivity index (χ1) is 29.8. The van der Waals surface area contributed by atoms with Crippen LogP contribution in [0.5, 0.6) is 11.5 Å². The fraction of sp³-hybridized carbons (Fsp3) is 0.673. The maximum Gasteiger partial charge on any atom is 0.307 e. The molecule has 0 aliphatic carbocycles. The van der Waals surface area contributed by atoms with Crippen LogP contribution in [-0.2, 0) is 35.2 Å². The van der Waals surface area contributed by atoms with E-state index in [1.807, 2.05) is 19.0 Å². The van der Waals surface area contributed by atoms with Crippen LogP contribution in [0.25, 0.3) is 0 Å². The third kappa shape index (κ3) is 37.6. The largest absolute Gasteiger partial charge is 0.490 e. The molecule has 1 aromatic rings. The van der Waals surface area contributed by atoms with Gasteiger partial charge in [0.1, 0.15) is 44.5 Å². The highest BCUT2D eigenvalue weighted by atomic mass is 16.6. The van der Waals surface area contributed by atoms with Crippen LogP contribution in [0.4, 0.5) is 0 Å². The molecule has 0 aliphatic heterocycles. The third-order valence-electron chi connectivity index (χ3n) is 10.00. The molecule has 0 N–H and O–H groups in total. The molecule has 0 bridgehead atoms. The van der Waals surface area contributed by atoms with Crippen molar-refractivity contribution in [3.8, 4) is 11.5 Å². The molecule has 0 aromatic heterocycles. The molecule has 0 spiro atoms. The van der Waals surface area contributed by atoms with E-state index in [2.05, 4.69) is 62.5 Å². The van der Waals surface area contributed by atoms with Gasteiger partial charge in [0.25, 0.3) is 0 Å². The van der Waals surface area contributed by atoms with E-state index >= 15 is 0 Å². The van der Waals surface area contributed by atoms with Crippen molar-refractivity contribution < 1.29 is 38.1 Å². The van der Waals surface area contributed by atoms with Crippen molar-refractivity contribution in [3.05, 3.63) is 72.4 Å². The van der Waals surface area contributed by atoms with Crippen LogP contribution >= 0.6 is 0 Å². The maximum absolute atomic E-state index is 12.3. The minimum Gasteiger partial charge on any atom is -0.490 e. The molecule has 1 rings (SSSR count). The fourth-order valence-electron chi connectivity index (χ4n) is 6.37. The average molecular weight is 852 g/mol. The Morgan fingerprint density at radius 2 is 0.852 bits per heavy atom. The van der Waals surface area contributed by atoms with E-state index < -0.39 is 0 Å². The maximum atomic E-state index is 12.3. The van der Waals surface area contributed by atoms with Crippen LogP contribution in [0, 0.1) is 0 Å². The number of allylic oxidation sites excluding steroid dienone is 8. The molecule has 346 valence electrons. The number of benzene rings is 1. The van der Waals surface area contributed by atoms with Gasteiger partial charge in [0.05, 0.1) is 6.42 Å². The molecule has 0 heterocycles. The number of nitrogens with zero attached hydrogens (tertiary/aromatic N) is 1. The lowest BCUT2D eigenvalue weighted by atomic mass is 10.1. The summed E-state index contributed by atoms with van der Waals surface area (Å²) in [6.07, 6.45) is 44.2.